The number of aromatic nitrogens is 1. The van der Waals surface area contributed by atoms with Gasteiger partial charge in [-0.15, -0.1) is 0 Å². The summed E-state index contributed by atoms with van der Waals surface area (Å²) < 4.78 is 27.7. The van der Waals surface area contributed by atoms with Crippen LogP contribution in [0.4, 0.5) is 0 Å². The topological polar surface area (TPSA) is 82.6 Å². The van der Waals surface area contributed by atoms with Crippen molar-refractivity contribution in [3.8, 4) is 0 Å². The third-order valence-corrected chi connectivity index (χ3v) is 8.55. The molecule has 3 rings (SSSR count). The first-order valence-corrected chi connectivity index (χ1v) is 13.7. The molecule has 9 heteroatoms. The minimum Gasteiger partial charge on any atom is -0.355 e. The Morgan fingerprint density at radius 3 is 2.36 bits per heavy atom. The number of nitrogens with one attached hydrogen (secondary N) is 1. The number of hydrogen-bond acceptors (Lipinski definition) is 6. The van der Waals surface area contributed by atoms with Crippen LogP contribution in [0.3, 0.4) is 0 Å². The van der Waals surface area contributed by atoms with Gasteiger partial charge in [0.2, 0.25) is 15.9 Å². The van der Waals surface area contributed by atoms with Gasteiger partial charge in [0.25, 0.3) is 0 Å². The molecule has 0 bridgehead atoms. The standard InChI is InChI=1S/C24H34N4O3S2/c1-19(2)11-12-25-24(29)20(3)32-23-10-9-22(17-26-23)33(30,31)28-15-13-27(14-16-28)18-21-7-5-4-6-8-21/h4-10,17,19-20H,11-16,18H2,1-3H3,(H,25,29). The van der Waals surface area contributed by atoms with Crippen molar-refractivity contribution in [1.82, 2.24) is 19.5 Å². The van der Waals surface area contributed by atoms with Gasteiger partial charge in [0.15, 0.2) is 0 Å². The highest BCUT2D eigenvalue weighted by Gasteiger charge is 2.29. The molecular weight excluding hydrogens is 456 g/mol. The largest absolute Gasteiger partial charge is 0.355 e. The van der Waals surface area contributed by atoms with Crippen molar-refractivity contribution >= 4 is 27.7 Å². The lowest BCUT2D eigenvalue weighted by atomic mass is 10.1. The lowest BCUT2D eigenvalue weighted by Gasteiger charge is -2.33. The lowest BCUT2D eigenvalue weighted by Crippen LogP contribution is -2.48. The van der Waals surface area contributed by atoms with Crippen molar-refractivity contribution in [1.29, 1.82) is 0 Å². The Hall–Kier alpha value is -1.94. The van der Waals surface area contributed by atoms with Crippen molar-refractivity contribution in [3.05, 3.63) is 54.2 Å². The van der Waals surface area contributed by atoms with E-state index in [-0.39, 0.29) is 16.1 Å². The number of amides is 1. The molecule has 1 N–H and O–H groups in total. The molecule has 1 amide bonds. The van der Waals surface area contributed by atoms with Crippen molar-refractivity contribution < 1.29 is 13.2 Å². The fraction of sp³-hybridized carbons (Fsp3) is 0.500. The van der Waals surface area contributed by atoms with E-state index in [1.807, 2.05) is 25.1 Å². The fourth-order valence-corrected chi connectivity index (χ4v) is 5.75. The molecule has 1 aliphatic heterocycles. The van der Waals surface area contributed by atoms with E-state index in [1.165, 1.54) is 27.8 Å². The first kappa shape index (κ1) is 25.7. The monoisotopic (exact) mass is 490 g/mol. The Labute approximate surface area is 202 Å². The van der Waals surface area contributed by atoms with Crippen LogP contribution in [0.1, 0.15) is 32.8 Å². The second-order valence-corrected chi connectivity index (χ2v) is 12.0. The summed E-state index contributed by atoms with van der Waals surface area (Å²) in [6.45, 7) is 9.85. The molecule has 1 fully saturated rings. The van der Waals surface area contributed by atoms with Crippen LogP contribution in [0, 0.1) is 5.92 Å². The summed E-state index contributed by atoms with van der Waals surface area (Å²) in [4.78, 5) is 19.0. The van der Waals surface area contributed by atoms with Crippen LogP contribution in [0.5, 0.6) is 0 Å². The number of benzene rings is 1. The first-order chi connectivity index (χ1) is 15.8. The molecule has 33 heavy (non-hydrogen) atoms. The van der Waals surface area contributed by atoms with E-state index in [0.717, 1.165) is 13.0 Å². The molecule has 180 valence electrons. The molecule has 1 aromatic heterocycles. The van der Waals surface area contributed by atoms with E-state index in [9.17, 15) is 13.2 Å². The maximum atomic E-state index is 13.1. The Bertz CT molecular complexity index is 990. The molecule has 0 saturated carbocycles. The van der Waals surface area contributed by atoms with Crippen LogP contribution < -0.4 is 5.32 Å². The summed E-state index contributed by atoms with van der Waals surface area (Å²) in [5.41, 5.74) is 1.23. The predicted molar refractivity (Wildman–Crippen MR) is 132 cm³/mol. The minimum atomic E-state index is -3.58. The smallest absolute Gasteiger partial charge is 0.244 e. The number of piperazine rings is 1. The molecule has 1 unspecified atom stereocenters. The van der Waals surface area contributed by atoms with Gasteiger partial charge in [0.05, 0.1) is 10.3 Å². The zero-order valence-corrected chi connectivity index (χ0v) is 21.2. The van der Waals surface area contributed by atoms with Crippen molar-refractivity contribution in [2.24, 2.45) is 5.92 Å². The van der Waals surface area contributed by atoms with E-state index in [4.69, 9.17) is 0 Å². The number of carbonyl (C=O) groups is 1. The van der Waals surface area contributed by atoms with Gasteiger partial charge in [-0.3, -0.25) is 9.69 Å². The van der Waals surface area contributed by atoms with Gasteiger partial charge in [-0.2, -0.15) is 4.31 Å². The van der Waals surface area contributed by atoms with Gasteiger partial charge in [0.1, 0.15) is 4.90 Å². The van der Waals surface area contributed by atoms with Crippen molar-refractivity contribution in [3.63, 3.8) is 0 Å². The number of thioether (sulfide) groups is 1. The predicted octanol–water partition coefficient (Wildman–Crippen LogP) is 3.23. The molecule has 1 saturated heterocycles. The number of carbonyl (C=O) groups excluding carboxylic acids is 1. The number of hydrogen-bond donors (Lipinski definition) is 1. The Kier molecular flexibility index (Phi) is 9.31. The van der Waals surface area contributed by atoms with Gasteiger partial charge < -0.3 is 5.32 Å². The molecule has 0 spiro atoms. The molecule has 1 atom stereocenters. The average Bonchev–Trinajstić information content (AvgIpc) is 2.80. The number of rotatable bonds is 10. The van der Waals surface area contributed by atoms with E-state index >= 15 is 0 Å². The van der Waals surface area contributed by atoms with Crippen LogP contribution >= 0.6 is 11.8 Å². The maximum Gasteiger partial charge on any atom is 0.244 e. The summed E-state index contributed by atoms with van der Waals surface area (Å²) in [7, 11) is -3.58. The summed E-state index contributed by atoms with van der Waals surface area (Å²) in [5, 5.41) is 3.27. The lowest BCUT2D eigenvalue weighted by molar-refractivity contribution is -0.120. The average molecular weight is 491 g/mol. The second-order valence-electron chi connectivity index (χ2n) is 8.73. The Morgan fingerprint density at radius 2 is 1.76 bits per heavy atom. The molecule has 0 aliphatic carbocycles. The summed E-state index contributed by atoms with van der Waals surface area (Å²) in [6.07, 6.45) is 2.34. The molecule has 2 heterocycles. The highest BCUT2D eigenvalue weighted by atomic mass is 32.2. The van der Waals surface area contributed by atoms with Crippen LogP contribution in [-0.2, 0) is 21.4 Å². The van der Waals surface area contributed by atoms with Gasteiger partial charge in [-0.1, -0.05) is 55.9 Å². The van der Waals surface area contributed by atoms with Crippen LogP contribution in [0.25, 0.3) is 0 Å². The molecule has 1 aromatic carbocycles. The quantitative estimate of drug-likeness (QED) is 0.515. The maximum absolute atomic E-state index is 13.1. The van der Waals surface area contributed by atoms with Gasteiger partial charge >= 0.3 is 0 Å². The summed E-state index contributed by atoms with van der Waals surface area (Å²) >= 11 is 1.33. The third kappa shape index (κ3) is 7.53. The number of nitrogens with zero attached hydrogens (tertiary/aromatic N) is 3. The SMILES string of the molecule is CC(C)CCNC(=O)C(C)Sc1ccc(S(=O)(=O)N2CCN(Cc3ccccc3)CC2)cn1. The molecule has 7 nitrogen and oxygen atoms in total. The molecule has 2 aromatic rings. The van der Waals surface area contributed by atoms with E-state index < -0.39 is 10.0 Å². The summed E-state index contributed by atoms with van der Waals surface area (Å²) in [5.74, 6) is 0.503. The Balaban J connectivity index is 1.51. The van der Waals surface area contributed by atoms with Crippen LogP contribution in [0.2, 0.25) is 0 Å². The molecule has 0 radical (unpaired) electrons. The molecular formula is C24H34N4O3S2. The van der Waals surface area contributed by atoms with Crippen molar-refractivity contribution in [2.45, 2.75) is 48.9 Å². The Morgan fingerprint density at radius 1 is 1.06 bits per heavy atom. The number of sulfonamides is 1. The highest BCUT2D eigenvalue weighted by Crippen LogP contribution is 2.24. The number of pyridine rings is 1. The van der Waals surface area contributed by atoms with Gasteiger partial charge in [-0.25, -0.2) is 13.4 Å². The first-order valence-electron chi connectivity index (χ1n) is 11.4. The van der Waals surface area contributed by atoms with Crippen LogP contribution in [-0.4, -0.2) is 66.5 Å². The van der Waals surface area contributed by atoms with Crippen molar-refractivity contribution in [2.75, 3.05) is 32.7 Å². The third-order valence-electron chi connectivity index (χ3n) is 5.61. The van der Waals surface area contributed by atoms with E-state index in [2.05, 4.69) is 41.2 Å². The van der Waals surface area contributed by atoms with E-state index in [0.29, 0.717) is 43.7 Å². The van der Waals surface area contributed by atoms with Crippen LogP contribution in [0.15, 0.2) is 58.6 Å². The highest BCUT2D eigenvalue weighted by molar-refractivity contribution is 8.00. The van der Waals surface area contributed by atoms with Gasteiger partial charge in [-0.05, 0) is 37.0 Å². The fourth-order valence-electron chi connectivity index (χ4n) is 3.57. The zero-order valence-electron chi connectivity index (χ0n) is 19.6. The van der Waals surface area contributed by atoms with E-state index in [1.54, 1.807) is 12.1 Å². The normalized spacial score (nSPS) is 16.6. The zero-order chi connectivity index (χ0) is 23.8. The summed E-state index contributed by atoms with van der Waals surface area (Å²) in [6, 6.07) is 13.5. The molecule has 1 aliphatic rings. The second kappa shape index (κ2) is 12.0. The minimum absolute atomic E-state index is 0.0347. The van der Waals surface area contributed by atoms with Gasteiger partial charge in [0, 0.05) is 45.5 Å².